The third-order valence-corrected chi connectivity index (χ3v) is 5.43. The zero-order chi connectivity index (χ0) is 20.1. The number of amides is 1. The molecule has 0 fully saturated rings. The van der Waals surface area contributed by atoms with Gasteiger partial charge in [-0.15, -0.1) is 0 Å². The molecule has 1 atom stereocenters. The molecule has 1 aliphatic carbocycles. The van der Waals surface area contributed by atoms with E-state index in [0.29, 0.717) is 6.42 Å². The van der Waals surface area contributed by atoms with E-state index in [1.54, 1.807) is 0 Å². The summed E-state index contributed by atoms with van der Waals surface area (Å²) in [4.78, 5) is 13.7. The quantitative estimate of drug-likeness (QED) is 0.554. The van der Waals surface area contributed by atoms with Crippen molar-refractivity contribution in [2.24, 2.45) is 0 Å². The Hall–Kier alpha value is -3.57. The Morgan fingerprint density at radius 2 is 1.76 bits per heavy atom. The maximum atomic E-state index is 13.7. The lowest BCUT2D eigenvalue weighted by Crippen LogP contribution is -2.39. The molecule has 0 bridgehead atoms. The minimum atomic E-state index is -0.915. The molecule has 0 aromatic heterocycles. The van der Waals surface area contributed by atoms with Crippen LogP contribution < -0.4 is 5.32 Å². The summed E-state index contributed by atoms with van der Waals surface area (Å²) < 4.78 is 0. The van der Waals surface area contributed by atoms with Crippen LogP contribution in [0, 0.1) is 11.8 Å². The predicted molar refractivity (Wildman–Crippen MR) is 121 cm³/mol. The van der Waals surface area contributed by atoms with Crippen molar-refractivity contribution in [2.45, 2.75) is 25.2 Å². The van der Waals surface area contributed by atoms with Gasteiger partial charge >= 0.3 is 0 Å². The van der Waals surface area contributed by atoms with Crippen molar-refractivity contribution in [3.05, 3.63) is 102 Å². The number of hydrogen-bond donors (Lipinski definition) is 1. The minimum absolute atomic E-state index is 0.0957. The third kappa shape index (κ3) is 3.73. The van der Waals surface area contributed by atoms with E-state index in [0.717, 1.165) is 34.0 Å². The van der Waals surface area contributed by atoms with Crippen LogP contribution in [0.4, 0.5) is 5.69 Å². The van der Waals surface area contributed by atoms with Gasteiger partial charge in [-0.3, -0.25) is 4.79 Å². The van der Waals surface area contributed by atoms with Crippen molar-refractivity contribution >= 4 is 22.4 Å². The van der Waals surface area contributed by atoms with Crippen LogP contribution in [0.2, 0.25) is 0 Å². The predicted octanol–water partition coefficient (Wildman–Crippen LogP) is 6.02. The average Bonchev–Trinajstić information content (AvgIpc) is 3.29. The molecule has 0 unspecified atom stereocenters. The molecule has 2 heteroatoms. The molecule has 0 saturated heterocycles. The van der Waals surface area contributed by atoms with Gasteiger partial charge in [0, 0.05) is 16.6 Å². The fraction of sp³-hybridized carbons (Fsp3) is 0.148. The second-order valence-electron chi connectivity index (χ2n) is 7.18. The molecule has 142 valence electrons. The fourth-order valence-electron chi connectivity index (χ4n) is 3.73. The summed E-state index contributed by atoms with van der Waals surface area (Å²) in [6.45, 7) is 2.02. The largest absolute Gasteiger partial charge is 0.324 e. The Morgan fingerprint density at radius 3 is 2.52 bits per heavy atom. The van der Waals surface area contributed by atoms with Crippen LogP contribution in [-0.4, -0.2) is 5.91 Å². The maximum Gasteiger partial charge on any atom is 0.247 e. The first-order chi connectivity index (χ1) is 14.2. The SMILES string of the molecule is CC[C@](C#CC1=CC=CC1)(C(=O)Nc1cccc2ccccc12)c1ccccc1. The van der Waals surface area contributed by atoms with Gasteiger partial charge in [-0.05, 0) is 29.9 Å². The Labute approximate surface area is 172 Å². The molecule has 1 amide bonds. The van der Waals surface area contributed by atoms with E-state index in [2.05, 4.69) is 35.4 Å². The minimum Gasteiger partial charge on any atom is -0.324 e. The molecule has 1 N–H and O–H groups in total. The molecule has 0 saturated carbocycles. The lowest BCUT2D eigenvalue weighted by Gasteiger charge is -2.27. The molecule has 0 aliphatic heterocycles. The van der Waals surface area contributed by atoms with E-state index in [1.165, 1.54) is 0 Å². The van der Waals surface area contributed by atoms with Crippen LogP contribution in [0.3, 0.4) is 0 Å². The van der Waals surface area contributed by atoms with Crippen molar-refractivity contribution in [1.29, 1.82) is 0 Å². The van der Waals surface area contributed by atoms with Crippen molar-refractivity contribution in [3.63, 3.8) is 0 Å². The summed E-state index contributed by atoms with van der Waals surface area (Å²) in [5.74, 6) is 6.51. The lowest BCUT2D eigenvalue weighted by molar-refractivity contribution is -0.119. The zero-order valence-corrected chi connectivity index (χ0v) is 16.5. The molecular weight excluding hydrogens is 354 g/mol. The molecule has 29 heavy (non-hydrogen) atoms. The molecular formula is C27H23NO. The number of hydrogen-bond acceptors (Lipinski definition) is 1. The summed E-state index contributed by atoms with van der Waals surface area (Å²) in [7, 11) is 0. The van der Waals surface area contributed by atoms with Gasteiger partial charge in [0.2, 0.25) is 5.91 Å². The van der Waals surface area contributed by atoms with Gasteiger partial charge in [0.15, 0.2) is 0 Å². The number of anilines is 1. The van der Waals surface area contributed by atoms with Crippen molar-refractivity contribution in [2.75, 3.05) is 5.32 Å². The smallest absolute Gasteiger partial charge is 0.247 e. The van der Waals surface area contributed by atoms with Crippen LogP contribution >= 0.6 is 0 Å². The molecule has 3 aromatic rings. The number of carbonyl (C=O) groups is 1. The molecule has 4 rings (SSSR count). The van der Waals surface area contributed by atoms with E-state index in [1.807, 2.05) is 79.7 Å². The molecule has 3 aromatic carbocycles. The Bertz CT molecular complexity index is 1160. The van der Waals surface area contributed by atoms with E-state index in [-0.39, 0.29) is 5.91 Å². The van der Waals surface area contributed by atoms with Crippen molar-refractivity contribution in [3.8, 4) is 11.8 Å². The lowest BCUT2D eigenvalue weighted by atomic mass is 9.77. The molecule has 2 nitrogen and oxygen atoms in total. The van der Waals surface area contributed by atoms with E-state index in [4.69, 9.17) is 0 Å². The van der Waals surface area contributed by atoms with Gasteiger partial charge < -0.3 is 5.32 Å². The number of rotatable bonds is 4. The fourth-order valence-corrected chi connectivity index (χ4v) is 3.73. The highest BCUT2D eigenvalue weighted by atomic mass is 16.2. The number of fused-ring (bicyclic) bond motifs is 1. The Balaban J connectivity index is 1.77. The highest BCUT2D eigenvalue weighted by Gasteiger charge is 2.37. The molecule has 0 spiro atoms. The summed E-state index contributed by atoms with van der Waals surface area (Å²) in [6.07, 6.45) is 7.52. The molecule has 0 radical (unpaired) electrons. The van der Waals surface area contributed by atoms with Crippen molar-refractivity contribution in [1.82, 2.24) is 0 Å². The summed E-state index contributed by atoms with van der Waals surface area (Å²) in [5, 5.41) is 5.30. The monoisotopic (exact) mass is 377 g/mol. The molecule has 0 heterocycles. The first-order valence-electron chi connectivity index (χ1n) is 9.96. The van der Waals surface area contributed by atoms with Crippen LogP contribution in [0.25, 0.3) is 10.8 Å². The van der Waals surface area contributed by atoms with Crippen LogP contribution in [-0.2, 0) is 10.2 Å². The van der Waals surface area contributed by atoms with Gasteiger partial charge in [-0.2, -0.15) is 0 Å². The Morgan fingerprint density at radius 1 is 1.00 bits per heavy atom. The highest BCUT2D eigenvalue weighted by Crippen LogP contribution is 2.31. The van der Waals surface area contributed by atoms with Crippen LogP contribution in [0.1, 0.15) is 25.3 Å². The zero-order valence-electron chi connectivity index (χ0n) is 16.5. The normalized spacial score (nSPS) is 14.6. The molecule has 1 aliphatic rings. The third-order valence-electron chi connectivity index (χ3n) is 5.43. The first kappa shape index (κ1) is 18.8. The number of benzene rings is 3. The first-order valence-corrected chi connectivity index (χ1v) is 9.96. The topological polar surface area (TPSA) is 29.1 Å². The van der Waals surface area contributed by atoms with Crippen molar-refractivity contribution < 1.29 is 4.79 Å². The number of allylic oxidation sites excluding steroid dienone is 4. The summed E-state index contributed by atoms with van der Waals surface area (Å²) in [5.41, 5.74) is 1.85. The van der Waals surface area contributed by atoms with E-state index >= 15 is 0 Å². The summed E-state index contributed by atoms with van der Waals surface area (Å²) >= 11 is 0. The second-order valence-corrected chi connectivity index (χ2v) is 7.18. The van der Waals surface area contributed by atoms with Gasteiger partial charge in [0.25, 0.3) is 0 Å². The second kappa shape index (κ2) is 8.20. The van der Waals surface area contributed by atoms with Gasteiger partial charge in [-0.25, -0.2) is 0 Å². The van der Waals surface area contributed by atoms with Gasteiger partial charge in [0.05, 0.1) is 0 Å². The average molecular weight is 377 g/mol. The highest BCUT2D eigenvalue weighted by molar-refractivity contribution is 6.07. The standard InChI is InChI=1S/C27H23NO/c1-2-27(23-15-4-3-5-16-23,20-19-21-11-6-7-12-21)26(29)28-25-18-10-14-22-13-8-9-17-24(22)25/h3-11,13-18H,2,12H2,1H3,(H,28,29)/t27-/m1/s1. The van der Waals surface area contributed by atoms with Gasteiger partial charge in [0.1, 0.15) is 5.41 Å². The summed E-state index contributed by atoms with van der Waals surface area (Å²) in [6, 6.07) is 23.9. The number of carbonyl (C=O) groups excluding carboxylic acids is 1. The maximum absolute atomic E-state index is 13.7. The number of nitrogens with one attached hydrogen (secondary N) is 1. The van der Waals surface area contributed by atoms with Gasteiger partial charge in [-0.1, -0.05) is 104 Å². The van der Waals surface area contributed by atoms with E-state index < -0.39 is 5.41 Å². The van der Waals surface area contributed by atoms with Crippen LogP contribution in [0.15, 0.2) is 96.6 Å². The van der Waals surface area contributed by atoms with E-state index in [9.17, 15) is 4.79 Å². The van der Waals surface area contributed by atoms with Crippen LogP contribution in [0.5, 0.6) is 0 Å². The Kier molecular flexibility index (Phi) is 5.31.